The predicted molar refractivity (Wildman–Crippen MR) is 46.2 cm³/mol. The first kappa shape index (κ1) is 9.33. The Balaban J connectivity index is 2.59. The average Bonchev–Trinajstić information content (AvgIpc) is 2.61. The van der Waals surface area contributed by atoms with Gasteiger partial charge in [0.15, 0.2) is 0 Å². The summed E-state index contributed by atoms with van der Waals surface area (Å²) in [6.45, 7) is 1.98. The second kappa shape index (κ2) is 3.31. The molecule has 66 valence electrons. The minimum absolute atomic E-state index is 0.269. The van der Waals surface area contributed by atoms with Crippen LogP contribution in [-0.2, 0) is 9.05 Å². The molecule has 0 amide bonds. The van der Waals surface area contributed by atoms with Crippen molar-refractivity contribution in [3.05, 3.63) is 0 Å². The van der Waals surface area contributed by atoms with Crippen LogP contribution in [0.5, 0.6) is 0 Å². The molecule has 1 atom stereocenters. The van der Waals surface area contributed by atoms with Gasteiger partial charge in [-0.25, -0.2) is 8.42 Å². The van der Waals surface area contributed by atoms with Gasteiger partial charge in [0, 0.05) is 10.7 Å². The van der Waals surface area contributed by atoms with Crippen LogP contribution < -0.4 is 0 Å². The molecular weight excluding hydrogens is 184 g/mol. The fourth-order valence-corrected chi connectivity index (χ4v) is 3.31. The lowest BCUT2D eigenvalue weighted by molar-refractivity contribution is 0.565. The fourth-order valence-electron chi connectivity index (χ4n) is 1.36. The van der Waals surface area contributed by atoms with Crippen molar-refractivity contribution in [1.82, 2.24) is 0 Å². The Kier molecular flexibility index (Phi) is 2.81. The van der Waals surface area contributed by atoms with Crippen LogP contribution in [0.1, 0.15) is 32.6 Å². The monoisotopic (exact) mass is 196 g/mol. The summed E-state index contributed by atoms with van der Waals surface area (Å²) in [5.74, 6) is 0.359. The highest BCUT2D eigenvalue weighted by Gasteiger charge is 2.38. The van der Waals surface area contributed by atoms with Crippen LogP contribution in [0.25, 0.3) is 0 Å². The fraction of sp³-hybridized carbons (Fsp3) is 1.00. The molecule has 0 aromatic carbocycles. The lowest BCUT2D eigenvalue weighted by Gasteiger charge is -2.09. The molecule has 4 heteroatoms. The first-order chi connectivity index (χ1) is 5.05. The van der Waals surface area contributed by atoms with Crippen molar-refractivity contribution in [2.75, 3.05) is 0 Å². The van der Waals surface area contributed by atoms with Gasteiger partial charge in [0.2, 0.25) is 9.05 Å². The molecule has 1 aliphatic rings. The zero-order chi connectivity index (χ0) is 8.48. The molecule has 0 aromatic rings. The predicted octanol–water partition coefficient (Wildman–Crippen LogP) is 2.13. The minimum atomic E-state index is -3.29. The molecule has 0 radical (unpaired) electrons. The van der Waals surface area contributed by atoms with Gasteiger partial charge < -0.3 is 0 Å². The molecule has 1 unspecified atom stereocenters. The average molecular weight is 197 g/mol. The first-order valence-corrected chi connectivity index (χ1v) is 6.36. The molecule has 1 rings (SSSR count). The van der Waals surface area contributed by atoms with Crippen LogP contribution in [0, 0.1) is 5.92 Å². The van der Waals surface area contributed by atoms with Gasteiger partial charge in [-0.1, -0.05) is 13.3 Å². The normalized spacial score (nSPS) is 21.6. The molecule has 11 heavy (non-hydrogen) atoms. The van der Waals surface area contributed by atoms with Crippen LogP contribution in [0.4, 0.5) is 0 Å². The van der Waals surface area contributed by atoms with Gasteiger partial charge in [-0.3, -0.25) is 0 Å². The first-order valence-electron chi connectivity index (χ1n) is 3.99. The van der Waals surface area contributed by atoms with Gasteiger partial charge in [0.1, 0.15) is 0 Å². The molecule has 1 saturated carbocycles. The van der Waals surface area contributed by atoms with Crippen LogP contribution in [0.15, 0.2) is 0 Å². The Morgan fingerprint density at radius 2 is 2.09 bits per heavy atom. The van der Waals surface area contributed by atoms with Crippen molar-refractivity contribution in [2.24, 2.45) is 5.92 Å². The van der Waals surface area contributed by atoms with Crippen LogP contribution in [0.2, 0.25) is 0 Å². The van der Waals surface area contributed by atoms with Crippen molar-refractivity contribution < 1.29 is 8.42 Å². The van der Waals surface area contributed by atoms with E-state index in [1.54, 1.807) is 0 Å². The third kappa shape index (κ3) is 2.64. The Morgan fingerprint density at radius 1 is 1.55 bits per heavy atom. The summed E-state index contributed by atoms with van der Waals surface area (Å²) >= 11 is 0. The standard InChI is InChI=1S/C7H13ClO2S/c1-2-3-7(6-4-5-6)11(8,9)10/h6-7H,2-5H2,1H3. The van der Waals surface area contributed by atoms with Gasteiger partial charge in [0.25, 0.3) is 0 Å². The third-order valence-electron chi connectivity index (χ3n) is 2.08. The molecular formula is C7H13ClO2S. The molecule has 0 N–H and O–H groups in total. The maximum Gasteiger partial charge on any atom is 0.235 e. The largest absolute Gasteiger partial charge is 0.235 e. The molecule has 0 aliphatic heterocycles. The van der Waals surface area contributed by atoms with E-state index < -0.39 is 9.05 Å². The van der Waals surface area contributed by atoms with Crippen LogP contribution in [0.3, 0.4) is 0 Å². The van der Waals surface area contributed by atoms with E-state index in [2.05, 4.69) is 0 Å². The van der Waals surface area contributed by atoms with Crippen molar-refractivity contribution in [1.29, 1.82) is 0 Å². The van der Waals surface area contributed by atoms with E-state index >= 15 is 0 Å². The maximum absolute atomic E-state index is 11.0. The van der Waals surface area contributed by atoms with Gasteiger partial charge >= 0.3 is 0 Å². The lowest BCUT2D eigenvalue weighted by Crippen LogP contribution is -2.18. The summed E-state index contributed by atoms with van der Waals surface area (Å²) in [6, 6.07) is 0. The Hall–Kier alpha value is 0.240. The summed E-state index contributed by atoms with van der Waals surface area (Å²) in [4.78, 5) is 0. The van der Waals surface area contributed by atoms with Gasteiger partial charge in [-0.05, 0) is 25.2 Å². The van der Waals surface area contributed by atoms with Gasteiger partial charge in [-0.15, -0.1) is 0 Å². The third-order valence-corrected chi connectivity index (χ3v) is 4.11. The molecule has 0 bridgehead atoms. The molecule has 0 saturated heterocycles. The van der Waals surface area contributed by atoms with Crippen molar-refractivity contribution in [2.45, 2.75) is 37.9 Å². The smallest absolute Gasteiger partial charge is 0.212 e. The van der Waals surface area contributed by atoms with E-state index in [0.29, 0.717) is 5.92 Å². The number of hydrogen-bond acceptors (Lipinski definition) is 2. The second-order valence-corrected chi connectivity index (χ2v) is 5.99. The van der Waals surface area contributed by atoms with Gasteiger partial charge in [-0.2, -0.15) is 0 Å². The van der Waals surface area contributed by atoms with Crippen LogP contribution in [-0.4, -0.2) is 13.7 Å². The summed E-state index contributed by atoms with van der Waals surface area (Å²) in [5.41, 5.74) is 0. The van der Waals surface area contributed by atoms with E-state index in [-0.39, 0.29) is 5.25 Å². The van der Waals surface area contributed by atoms with Crippen molar-refractivity contribution in [3.8, 4) is 0 Å². The van der Waals surface area contributed by atoms with Crippen molar-refractivity contribution >= 4 is 19.7 Å². The van der Waals surface area contributed by atoms with Crippen LogP contribution >= 0.6 is 10.7 Å². The van der Waals surface area contributed by atoms with E-state index in [4.69, 9.17) is 10.7 Å². The molecule has 0 aromatic heterocycles. The van der Waals surface area contributed by atoms with E-state index in [9.17, 15) is 8.42 Å². The van der Waals surface area contributed by atoms with E-state index in [1.165, 1.54) is 0 Å². The molecule has 1 aliphatic carbocycles. The Morgan fingerprint density at radius 3 is 2.36 bits per heavy atom. The zero-order valence-electron chi connectivity index (χ0n) is 6.59. The minimum Gasteiger partial charge on any atom is -0.212 e. The number of rotatable bonds is 4. The van der Waals surface area contributed by atoms with E-state index in [0.717, 1.165) is 25.7 Å². The highest BCUT2D eigenvalue weighted by atomic mass is 35.7. The summed E-state index contributed by atoms with van der Waals surface area (Å²) in [6.07, 6.45) is 3.69. The van der Waals surface area contributed by atoms with E-state index in [1.807, 2.05) is 6.92 Å². The summed E-state index contributed by atoms with van der Waals surface area (Å²) in [7, 11) is 1.99. The molecule has 1 fully saturated rings. The van der Waals surface area contributed by atoms with Gasteiger partial charge in [0.05, 0.1) is 5.25 Å². The quantitative estimate of drug-likeness (QED) is 0.646. The molecule has 0 heterocycles. The summed E-state index contributed by atoms with van der Waals surface area (Å²) in [5, 5.41) is -0.269. The lowest BCUT2D eigenvalue weighted by atomic mass is 10.2. The molecule has 2 nitrogen and oxygen atoms in total. The summed E-state index contributed by atoms with van der Waals surface area (Å²) < 4.78 is 21.9. The van der Waals surface area contributed by atoms with Crippen molar-refractivity contribution in [3.63, 3.8) is 0 Å². The second-order valence-electron chi connectivity index (χ2n) is 3.14. The number of halogens is 1. The zero-order valence-corrected chi connectivity index (χ0v) is 8.16. The maximum atomic E-state index is 11.0. The number of hydrogen-bond donors (Lipinski definition) is 0. The topological polar surface area (TPSA) is 34.1 Å². The Labute approximate surface area is 72.4 Å². The highest BCUT2D eigenvalue weighted by molar-refractivity contribution is 8.14. The highest BCUT2D eigenvalue weighted by Crippen LogP contribution is 2.39. The Bertz CT molecular complexity index is 219. The molecule has 0 spiro atoms. The SMILES string of the molecule is CCCC(C1CC1)S(=O)(=O)Cl.